The summed E-state index contributed by atoms with van der Waals surface area (Å²) in [6, 6.07) is 26.5. The molecule has 0 radical (unpaired) electrons. The fourth-order valence-corrected chi connectivity index (χ4v) is 5.85. The summed E-state index contributed by atoms with van der Waals surface area (Å²) in [4.78, 5) is 54.7. The fourth-order valence-electron chi connectivity index (χ4n) is 4.18. The molecule has 46 heavy (non-hydrogen) atoms. The number of hydrogen-bond acceptors (Lipinski definition) is 9. The zero-order valence-corrected chi connectivity index (χ0v) is 26.0. The minimum absolute atomic E-state index is 0.0654. The van der Waals surface area contributed by atoms with Crippen LogP contribution in [0.3, 0.4) is 0 Å². The molecule has 5 aromatic rings. The van der Waals surface area contributed by atoms with Crippen molar-refractivity contribution in [1.82, 2.24) is 10.3 Å². The average Bonchev–Trinajstić information content (AvgIpc) is 3.46. The topological polar surface area (TPSA) is 153 Å². The molecule has 0 saturated carbocycles. The Kier molecular flexibility index (Phi) is 10.4. The van der Waals surface area contributed by atoms with Crippen LogP contribution >= 0.6 is 23.1 Å². The second-order valence-corrected chi connectivity index (χ2v) is 11.7. The van der Waals surface area contributed by atoms with Crippen molar-refractivity contribution in [2.24, 2.45) is 0 Å². The van der Waals surface area contributed by atoms with Crippen LogP contribution in [0.1, 0.15) is 22.8 Å². The van der Waals surface area contributed by atoms with Gasteiger partial charge in [0.25, 0.3) is 17.5 Å². The largest absolute Gasteiger partial charge is 0.494 e. The molecular weight excluding hydrogens is 627 g/mol. The third kappa shape index (κ3) is 8.55. The summed E-state index contributed by atoms with van der Waals surface area (Å²) in [5.41, 5.74) is 1.86. The number of carbonyl (C=O) groups excluding carboxylic acids is 3. The van der Waals surface area contributed by atoms with Crippen molar-refractivity contribution < 1.29 is 24.0 Å². The molecule has 232 valence electrons. The molecule has 1 aromatic heterocycles. The molecular formula is C33H27N5O6S2. The number of fused-ring (bicyclic) bond motifs is 1. The van der Waals surface area contributed by atoms with Crippen molar-refractivity contribution in [2.75, 3.05) is 23.0 Å². The first kappa shape index (κ1) is 31.9. The Morgan fingerprint density at radius 1 is 0.957 bits per heavy atom. The highest BCUT2D eigenvalue weighted by atomic mass is 32.2. The maximum atomic E-state index is 13.4. The molecule has 0 unspecified atom stereocenters. The van der Waals surface area contributed by atoms with Crippen LogP contribution in [0, 0.1) is 10.1 Å². The van der Waals surface area contributed by atoms with Gasteiger partial charge < -0.3 is 20.7 Å². The molecule has 4 aromatic carbocycles. The van der Waals surface area contributed by atoms with E-state index in [0.717, 1.165) is 20.9 Å². The summed E-state index contributed by atoms with van der Waals surface area (Å²) in [5.74, 6) is -0.490. The zero-order valence-electron chi connectivity index (χ0n) is 24.4. The third-order valence-electron chi connectivity index (χ3n) is 6.32. The Morgan fingerprint density at radius 3 is 2.48 bits per heavy atom. The predicted octanol–water partition coefficient (Wildman–Crippen LogP) is 6.74. The molecule has 0 fully saturated rings. The number of benzene rings is 4. The van der Waals surface area contributed by atoms with Crippen LogP contribution in [-0.2, 0) is 9.59 Å². The molecule has 0 spiro atoms. The molecule has 11 nitrogen and oxygen atoms in total. The number of nitrogens with one attached hydrogen (secondary N) is 3. The Balaban J connectivity index is 1.25. The van der Waals surface area contributed by atoms with E-state index in [4.69, 9.17) is 4.74 Å². The number of aromatic nitrogens is 1. The number of thioether (sulfide) groups is 1. The number of carbonyl (C=O) groups is 3. The molecule has 3 amide bonds. The lowest BCUT2D eigenvalue weighted by molar-refractivity contribution is -0.384. The maximum Gasteiger partial charge on any atom is 0.272 e. The number of thiazole rings is 1. The van der Waals surface area contributed by atoms with E-state index in [-0.39, 0.29) is 23.0 Å². The van der Waals surface area contributed by atoms with Crippen molar-refractivity contribution in [3.8, 4) is 5.75 Å². The van der Waals surface area contributed by atoms with E-state index in [9.17, 15) is 24.5 Å². The van der Waals surface area contributed by atoms with E-state index < -0.39 is 16.7 Å². The molecule has 3 N–H and O–H groups in total. The summed E-state index contributed by atoms with van der Waals surface area (Å²) in [5, 5.41) is 19.8. The molecule has 13 heteroatoms. The van der Waals surface area contributed by atoms with Crippen molar-refractivity contribution >= 4 is 73.6 Å². The lowest BCUT2D eigenvalue weighted by Crippen LogP contribution is -2.30. The minimum atomic E-state index is -0.606. The van der Waals surface area contributed by atoms with E-state index >= 15 is 0 Å². The second-order valence-electron chi connectivity index (χ2n) is 9.63. The molecule has 1 heterocycles. The van der Waals surface area contributed by atoms with Crippen LogP contribution < -0.4 is 20.7 Å². The Hall–Kier alpha value is -5.53. The van der Waals surface area contributed by atoms with Gasteiger partial charge in [0, 0.05) is 28.3 Å². The number of ether oxygens (including phenoxy) is 1. The summed E-state index contributed by atoms with van der Waals surface area (Å²) < 4.78 is 6.43. The molecule has 0 saturated heterocycles. The Labute approximate surface area is 271 Å². The quantitative estimate of drug-likeness (QED) is 0.0579. The van der Waals surface area contributed by atoms with Gasteiger partial charge >= 0.3 is 0 Å². The second kappa shape index (κ2) is 15.0. The fraction of sp³-hybridized carbons (Fsp3) is 0.0909. The van der Waals surface area contributed by atoms with Crippen molar-refractivity contribution in [3.05, 3.63) is 124 Å². The minimum Gasteiger partial charge on any atom is -0.494 e. The summed E-state index contributed by atoms with van der Waals surface area (Å²) in [7, 11) is 0. The van der Waals surface area contributed by atoms with Crippen LogP contribution in [0.2, 0.25) is 0 Å². The van der Waals surface area contributed by atoms with Crippen molar-refractivity contribution in [3.63, 3.8) is 0 Å². The average molecular weight is 654 g/mol. The number of non-ortho nitro benzene ring substituents is 1. The van der Waals surface area contributed by atoms with Gasteiger partial charge in [0.2, 0.25) is 5.91 Å². The van der Waals surface area contributed by atoms with Gasteiger partial charge in [-0.25, -0.2) is 4.98 Å². The highest BCUT2D eigenvalue weighted by Gasteiger charge is 2.16. The standard InChI is InChI=1S/C33H27N5O6S2/c1-2-44-25-15-16-27-29(19-25)46-33(36-27)37-30(39)20-45-26-10-6-9-23(18-26)34-32(41)28(35-31(40)22-7-4-3-5-8-22)17-21-11-13-24(14-12-21)38(42)43/h3-19H,2,20H2,1H3,(H,34,41)(H,35,40)(H,36,37,39)/b28-17+. The summed E-state index contributed by atoms with van der Waals surface area (Å²) in [6.45, 7) is 2.47. The first-order chi connectivity index (χ1) is 22.3. The summed E-state index contributed by atoms with van der Waals surface area (Å²) >= 11 is 2.64. The molecule has 0 bridgehead atoms. The van der Waals surface area contributed by atoms with E-state index in [1.54, 1.807) is 48.5 Å². The van der Waals surface area contributed by atoms with Gasteiger partial charge in [-0.2, -0.15) is 0 Å². The van der Waals surface area contributed by atoms with Gasteiger partial charge in [-0.3, -0.25) is 24.5 Å². The van der Waals surface area contributed by atoms with Gasteiger partial charge in [0.05, 0.1) is 27.5 Å². The highest BCUT2D eigenvalue weighted by molar-refractivity contribution is 8.00. The first-order valence-electron chi connectivity index (χ1n) is 14.0. The number of anilines is 2. The first-order valence-corrected chi connectivity index (χ1v) is 15.8. The Bertz CT molecular complexity index is 1930. The molecule has 5 rings (SSSR count). The van der Waals surface area contributed by atoms with Gasteiger partial charge in [-0.1, -0.05) is 35.6 Å². The van der Waals surface area contributed by atoms with Crippen molar-refractivity contribution in [1.29, 1.82) is 0 Å². The van der Waals surface area contributed by atoms with E-state index in [1.165, 1.54) is 53.4 Å². The monoisotopic (exact) mass is 653 g/mol. The number of rotatable bonds is 12. The van der Waals surface area contributed by atoms with Gasteiger partial charge in [-0.05, 0) is 79.2 Å². The smallest absolute Gasteiger partial charge is 0.272 e. The number of nitro groups is 1. The summed E-state index contributed by atoms with van der Waals surface area (Å²) in [6.07, 6.45) is 1.43. The highest BCUT2D eigenvalue weighted by Crippen LogP contribution is 2.30. The zero-order chi connectivity index (χ0) is 32.5. The Morgan fingerprint density at radius 2 is 1.74 bits per heavy atom. The third-order valence-corrected chi connectivity index (χ3v) is 8.25. The normalized spacial score (nSPS) is 11.1. The predicted molar refractivity (Wildman–Crippen MR) is 180 cm³/mol. The van der Waals surface area contributed by atoms with Crippen LogP contribution in [0.25, 0.3) is 16.3 Å². The van der Waals surface area contributed by atoms with E-state index in [0.29, 0.717) is 28.6 Å². The van der Waals surface area contributed by atoms with Crippen molar-refractivity contribution in [2.45, 2.75) is 11.8 Å². The van der Waals surface area contributed by atoms with E-state index in [1.807, 2.05) is 31.2 Å². The number of hydrogen-bond donors (Lipinski definition) is 3. The molecule has 0 atom stereocenters. The number of nitro benzene ring substituents is 1. The van der Waals surface area contributed by atoms with Gasteiger partial charge in [-0.15, -0.1) is 11.8 Å². The number of amides is 3. The lowest BCUT2D eigenvalue weighted by atomic mass is 10.1. The van der Waals surface area contributed by atoms with Crippen LogP contribution in [0.4, 0.5) is 16.5 Å². The molecule has 0 aliphatic carbocycles. The van der Waals surface area contributed by atoms with E-state index in [2.05, 4.69) is 20.9 Å². The van der Waals surface area contributed by atoms with Crippen LogP contribution in [-0.4, -0.2) is 40.0 Å². The number of nitrogens with zero attached hydrogens (tertiary/aromatic N) is 2. The lowest BCUT2D eigenvalue weighted by Gasteiger charge is -2.12. The van der Waals surface area contributed by atoms with Crippen LogP contribution in [0.5, 0.6) is 5.75 Å². The van der Waals surface area contributed by atoms with Gasteiger partial charge in [0.1, 0.15) is 11.4 Å². The van der Waals surface area contributed by atoms with Crippen LogP contribution in [0.15, 0.2) is 108 Å². The molecule has 0 aliphatic rings. The molecule has 0 aliphatic heterocycles. The van der Waals surface area contributed by atoms with Gasteiger partial charge in [0.15, 0.2) is 5.13 Å². The SMILES string of the molecule is CCOc1ccc2nc(NC(=O)CSc3cccc(NC(=O)/C(=C\c4ccc([N+](=O)[O-])cc4)NC(=O)c4ccccc4)c3)sc2c1. The maximum absolute atomic E-state index is 13.4.